The molecule has 2 aromatic carbocycles. The van der Waals surface area contributed by atoms with Gasteiger partial charge in [-0.3, -0.25) is 4.79 Å². The quantitative estimate of drug-likeness (QED) is 0.535. The number of halogens is 1. The van der Waals surface area contributed by atoms with E-state index in [1.165, 1.54) is 10.6 Å². The Balaban J connectivity index is 0.000000204. The van der Waals surface area contributed by atoms with E-state index >= 15 is 0 Å². The van der Waals surface area contributed by atoms with Crippen LogP contribution in [0.3, 0.4) is 0 Å². The van der Waals surface area contributed by atoms with Crippen LogP contribution in [0.1, 0.15) is 26.5 Å². The second kappa shape index (κ2) is 8.53. The van der Waals surface area contributed by atoms with E-state index in [1.54, 1.807) is 24.3 Å². The molecule has 0 aliphatic rings. The number of benzene rings is 2. The number of aryl methyl sites for hydroxylation is 1. The summed E-state index contributed by atoms with van der Waals surface area (Å²) in [4.78, 5) is 25.9. The maximum atomic E-state index is 10.9. The molecule has 0 unspecified atom stereocenters. The van der Waals surface area contributed by atoms with Crippen molar-refractivity contribution in [2.75, 3.05) is 0 Å². The summed E-state index contributed by atoms with van der Waals surface area (Å²) < 4.78 is 1.54. The number of carboxylic acids is 1. The van der Waals surface area contributed by atoms with Crippen LogP contribution in [-0.2, 0) is 0 Å². The van der Waals surface area contributed by atoms with Crippen LogP contribution in [0.5, 0.6) is 0 Å². The number of rotatable bonds is 3. The standard InChI is InChI=1S/C14H11N3O2.C7H6ClNO/c1-9-7-11(10-5-3-2-4-6-10)15-13-8-12(14(18)19)16-17(9)13;8-6-3-1-5(2-4-6)7(9)10/h2-8H,1H3,(H,18,19);1-4H,(H2,9,10). The lowest BCUT2D eigenvalue weighted by Crippen LogP contribution is -2.10. The Kier molecular flexibility index (Phi) is 5.90. The van der Waals surface area contributed by atoms with Crippen molar-refractivity contribution in [1.29, 1.82) is 0 Å². The van der Waals surface area contributed by atoms with Gasteiger partial charge in [-0.15, -0.1) is 0 Å². The molecule has 0 spiro atoms. The fraction of sp³-hybridized carbons (Fsp3) is 0.0476. The lowest BCUT2D eigenvalue weighted by atomic mass is 10.1. The Bertz CT molecular complexity index is 1170. The maximum Gasteiger partial charge on any atom is 0.356 e. The molecule has 29 heavy (non-hydrogen) atoms. The van der Waals surface area contributed by atoms with E-state index in [9.17, 15) is 9.59 Å². The zero-order chi connectivity index (χ0) is 21.0. The zero-order valence-corrected chi connectivity index (χ0v) is 16.2. The van der Waals surface area contributed by atoms with Crippen LogP contribution in [0, 0.1) is 6.92 Å². The third-order valence-electron chi connectivity index (χ3n) is 4.02. The molecule has 2 heterocycles. The van der Waals surface area contributed by atoms with E-state index in [1.807, 2.05) is 43.3 Å². The number of hydrogen-bond acceptors (Lipinski definition) is 4. The van der Waals surface area contributed by atoms with Gasteiger partial charge >= 0.3 is 5.97 Å². The molecule has 4 aromatic rings. The van der Waals surface area contributed by atoms with Gasteiger partial charge in [0.1, 0.15) is 0 Å². The van der Waals surface area contributed by atoms with Crippen LogP contribution in [-0.4, -0.2) is 31.6 Å². The minimum atomic E-state index is -1.05. The first-order chi connectivity index (χ1) is 13.8. The summed E-state index contributed by atoms with van der Waals surface area (Å²) in [5.41, 5.74) is 8.64. The number of nitrogens with zero attached hydrogens (tertiary/aromatic N) is 3. The van der Waals surface area contributed by atoms with E-state index < -0.39 is 11.9 Å². The highest BCUT2D eigenvalue weighted by Gasteiger charge is 2.12. The molecular weight excluding hydrogens is 392 g/mol. The fourth-order valence-electron chi connectivity index (χ4n) is 2.60. The van der Waals surface area contributed by atoms with Crippen molar-refractivity contribution in [3.8, 4) is 11.3 Å². The van der Waals surface area contributed by atoms with Crippen molar-refractivity contribution in [3.63, 3.8) is 0 Å². The monoisotopic (exact) mass is 408 g/mol. The Morgan fingerprint density at radius 1 is 1.03 bits per heavy atom. The zero-order valence-electron chi connectivity index (χ0n) is 15.4. The molecule has 3 N–H and O–H groups in total. The molecule has 146 valence electrons. The van der Waals surface area contributed by atoms with Gasteiger partial charge in [0.2, 0.25) is 5.91 Å². The number of amides is 1. The number of aromatic nitrogens is 3. The summed E-state index contributed by atoms with van der Waals surface area (Å²) in [5, 5.41) is 13.6. The number of carbonyl (C=O) groups is 2. The third kappa shape index (κ3) is 4.77. The van der Waals surface area contributed by atoms with Crippen LogP contribution >= 0.6 is 11.6 Å². The predicted octanol–water partition coefficient (Wildman–Crippen LogP) is 3.84. The van der Waals surface area contributed by atoms with Gasteiger partial charge in [0.15, 0.2) is 11.3 Å². The van der Waals surface area contributed by atoms with Gasteiger partial charge in [0.05, 0.1) is 5.69 Å². The predicted molar refractivity (Wildman–Crippen MR) is 110 cm³/mol. The van der Waals surface area contributed by atoms with E-state index in [-0.39, 0.29) is 5.69 Å². The number of carbonyl (C=O) groups excluding carboxylic acids is 1. The Morgan fingerprint density at radius 3 is 2.28 bits per heavy atom. The molecule has 4 rings (SSSR count). The molecule has 0 saturated carbocycles. The molecule has 0 aliphatic carbocycles. The Labute approximate surface area is 171 Å². The lowest BCUT2D eigenvalue weighted by Gasteiger charge is -2.04. The van der Waals surface area contributed by atoms with E-state index in [0.29, 0.717) is 16.2 Å². The summed E-state index contributed by atoms with van der Waals surface area (Å²) in [7, 11) is 0. The minimum absolute atomic E-state index is 0.000752. The summed E-state index contributed by atoms with van der Waals surface area (Å²) in [6.45, 7) is 1.87. The number of hydrogen-bond donors (Lipinski definition) is 2. The van der Waals surface area contributed by atoms with Gasteiger partial charge in [-0.1, -0.05) is 41.9 Å². The molecule has 0 atom stereocenters. The highest BCUT2D eigenvalue weighted by Crippen LogP contribution is 2.19. The highest BCUT2D eigenvalue weighted by atomic mass is 35.5. The highest BCUT2D eigenvalue weighted by molar-refractivity contribution is 6.30. The first-order valence-corrected chi connectivity index (χ1v) is 8.94. The van der Waals surface area contributed by atoms with Crippen molar-refractivity contribution in [3.05, 3.63) is 88.7 Å². The fourth-order valence-corrected chi connectivity index (χ4v) is 2.73. The van der Waals surface area contributed by atoms with Crippen LogP contribution in [0.25, 0.3) is 16.9 Å². The second-order valence-corrected chi connectivity index (χ2v) is 6.56. The van der Waals surface area contributed by atoms with Gasteiger partial charge in [-0.05, 0) is 37.3 Å². The number of fused-ring (bicyclic) bond motifs is 1. The van der Waals surface area contributed by atoms with Crippen molar-refractivity contribution >= 4 is 29.1 Å². The van der Waals surface area contributed by atoms with Gasteiger partial charge in [-0.2, -0.15) is 5.10 Å². The number of primary amides is 1. The summed E-state index contributed by atoms with van der Waals surface area (Å²) >= 11 is 5.56. The maximum absolute atomic E-state index is 10.9. The Hall–Kier alpha value is -3.71. The van der Waals surface area contributed by atoms with Crippen LogP contribution in [0.4, 0.5) is 0 Å². The molecule has 1 amide bonds. The molecule has 0 fully saturated rings. The average Bonchev–Trinajstić information content (AvgIpc) is 3.15. The summed E-state index contributed by atoms with van der Waals surface area (Å²) in [5.74, 6) is -1.48. The van der Waals surface area contributed by atoms with Crippen LogP contribution in [0.15, 0.2) is 66.7 Å². The molecular formula is C21H17ClN4O3. The van der Waals surface area contributed by atoms with Crippen LogP contribution < -0.4 is 5.73 Å². The molecule has 0 saturated heterocycles. The summed E-state index contributed by atoms with van der Waals surface area (Å²) in [6, 6.07) is 19.5. The molecule has 2 aromatic heterocycles. The van der Waals surface area contributed by atoms with Gasteiger partial charge in [-0.25, -0.2) is 14.3 Å². The minimum Gasteiger partial charge on any atom is -0.476 e. The SMILES string of the molecule is Cc1cc(-c2ccccc2)nc2cc(C(=O)O)nn12.NC(=O)c1ccc(Cl)cc1. The molecule has 7 nitrogen and oxygen atoms in total. The van der Waals surface area contributed by atoms with Gasteiger partial charge in [0, 0.05) is 27.9 Å². The second-order valence-electron chi connectivity index (χ2n) is 6.12. The van der Waals surface area contributed by atoms with E-state index in [4.69, 9.17) is 22.4 Å². The Morgan fingerprint density at radius 2 is 1.69 bits per heavy atom. The van der Waals surface area contributed by atoms with Crippen LogP contribution in [0.2, 0.25) is 5.02 Å². The van der Waals surface area contributed by atoms with Gasteiger partial charge < -0.3 is 10.8 Å². The third-order valence-corrected chi connectivity index (χ3v) is 4.27. The van der Waals surface area contributed by atoms with Gasteiger partial charge in [0.25, 0.3) is 0 Å². The topological polar surface area (TPSA) is 111 Å². The largest absolute Gasteiger partial charge is 0.476 e. The smallest absolute Gasteiger partial charge is 0.356 e. The molecule has 0 bridgehead atoms. The van der Waals surface area contributed by atoms with Crippen molar-refractivity contribution in [2.24, 2.45) is 5.73 Å². The van der Waals surface area contributed by atoms with Crippen molar-refractivity contribution in [2.45, 2.75) is 6.92 Å². The first-order valence-electron chi connectivity index (χ1n) is 8.56. The van der Waals surface area contributed by atoms with E-state index in [0.717, 1.165) is 17.0 Å². The van der Waals surface area contributed by atoms with E-state index in [2.05, 4.69) is 10.1 Å². The number of nitrogens with two attached hydrogens (primary N) is 1. The molecule has 8 heteroatoms. The van der Waals surface area contributed by atoms with Crippen molar-refractivity contribution < 1.29 is 14.7 Å². The van der Waals surface area contributed by atoms with Crippen molar-refractivity contribution in [1.82, 2.24) is 14.6 Å². The molecule has 0 aliphatic heterocycles. The first kappa shape index (κ1) is 20.0. The number of carboxylic acid groups (broad SMARTS) is 1. The normalized spacial score (nSPS) is 10.3. The number of aromatic carboxylic acids is 1. The molecule has 0 radical (unpaired) electrons. The average molecular weight is 409 g/mol. The lowest BCUT2D eigenvalue weighted by molar-refractivity contribution is 0.0690. The summed E-state index contributed by atoms with van der Waals surface area (Å²) in [6.07, 6.45) is 0.